The van der Waals surface area contributed by atoms with Crippen LogP contribution in [0.5, 0.6) is 5.75 Å². The molecule has 37 heavy (non-hydrogen) atoms. The van der Waals surface area contributed by atoms with Gasteiger partial charge in [0.05, 0.1) is 6.61 Å². The molecule has 0 aliphatic heterocycles. The SMILES string of the molecule is CCCCCCCCOc1cc(Br)ccc1-c1ccc(Br)cc1C(O)(c1ccccc1)c1ccccc1. The number of halogens is 2. The average Bonchev–Trinajstić information content (AvgIpc) is 2.93. The van der Waals surface area contributed by atoms with Crippen molar-refractivity contribution in [2.24, 2.45) is 0 Å². The Morgan fingerprint density at radius 2 is 1.19 bits per heavy atom. The fourth-order valence-corrected chi connectivity index (χ4v) is 5.49. The van der Waals surface area contributed by atoms with Gasteiger partial charge in [-0.05, 0) is 53.4 Å². The van der Waals surface area contributed by atoms with Gasteiger partial charge in [0.15, 0.2) is 0 Å². The van der Waals surface area contributed by atoms with E-state index in [-0.39, 0.29) is 0 Å². The van der Waals surface area contributed by atoms with E-state index < -0.39 is 5.60 Å². The third-order valence-electron chi connectivity index (χ3n) is 6.74. The molecular weight excluding hydrogens is 588 g/mol. The summed E-state index contributed by atoms with van der Waals surface area (Å²) in [6, 6.07) is 32.0. The largest absolute Gasteiger partial charge is 0.493 e. The van der Waals surface area contributed by atoms with Crippen molar-refractivity contribution in [2.45, 2.75) is 51.0 Å². The highest BCUT2D eigenvalue weighted by atomic mass is 79.9. The highest BCUT2D eigenvalue weighted by Gasteiger charge is 2.36. The van der Waals surface area contributed by atoms with Gasteiger partial charge in [-0.2, -0.15) is 0 Å². The van der Waals surface area contributed by atoms with Crippen LogP contribution in [0.2, 0.25) is 0 Å². The van der Waals surface area contributed by atoms with Crippen LogP contribution in [0.15, 0.2) is 106 Å². The number of rotatable bonds is 12. The number of ether oxygens (including phenoxy) is 1. The van der Waals surface area contributed by atoms with Crippen molar-refractivity contribution in [1.82, 2.24) is 0 Å². The van der Waals surface area contributed by atoms with Crippen LogP contribution < -0.4 is 4.74 Å². The minimum Gasteiger partial charge on any atom is -0.493 e. The van der Waals surface area contributed by atoms with Crippen molar-refractivity contribution in [1.29, 1.82) is 0 Å². The quantitative estimate of drug-likeness (QED) is 0.126. The second-order valence-corrected chi connectivity index (χ2v) is 11.2. The second kappa shape index (κ2) is 13.4. The van der Waals surface area contributed by atoms with Gasteiger partial charge in [0, 0.05) is 20.1 Å². The summed E-state index contributed by atoms with van der Waals surface area (Å²) in [7, 11) is 0. The summed E-state index contributed by atoms with van der Waals surface area (Å²) in [6.45, 7) is 2.91. The molecule has 4 heteroatoms. The fraction of sp³-hybridized carbons (Fsp3) is 0.273. The zero-order valence-electron chi connectivity index (χ0n) is 21.3. The molecule has 0 atom stereocenters. The molecule has 0 bridgehead atoms. The Kier molecular flexibility index (Phi) is 10.0. The van der Waals surface area contributed by atoms with Gasteiger partial charge in [-0.25, -0.2) is 0 Å². The van der Waals surface area contributed by atoms with Crippen LogP contribution in [0.25, 0.3) is 11.1 Å². The molecule has 0 aromatic heterocycles. The summed E-state index contributed by atoms with van der Waals surface area (Å²) in [6.07, 6.45) is 7.30. The summed E-state index contributed by atoms with van der Waals surface area (Å²) in [5.74, 6) is 0.815. The maximum atomic E-state index is 12.6. The number of hydrogen-bond acceptors (Lipinski definition) is 2. The standard InChI is InChI=1S/C33H34Br2O2/c1-2-3-4-5-6-13-22-37-32-24-28(35)19-21-30(32)29-20-18-27(34)23-31(29)33(36,25-14-9-7-10-15-25)26-16-11-8-12-17-26/h7-12,14-21,23-24,36H,2-6,13,22H2,1H3. The van der Waals surface area contributed by atoms with Gasteiger partial charge in [0.2, 0.25) is 0 Å². The molecule has 2 nitrogen and oxygen atoms in total. The van der Waals surface area contributed by atoms with Crippen molar-refractivity contribution >= 4 is 31.9 Å². The van der Waals surface area contributed by atoms with Crippen molar-refractivity contribution < 1.29 is 9.84 Å². The van der Waals surface area contributed by atoms with E-state index in [2.05, 4.69) is 50.9 Å². The first-order chi connectivity index (χ1) is 18.0. The predicted molar refractivity (Wildman–Crippen MR) is 161 cm³/mol. The molecule has 1 N–H and O–H groups in total. The second-order valence-electron chi connectivity index (χ2n) is 9.39. The van der Waals surface area contributed by atoms with Crippen LogP contribution in [0.1, 0.15) is 62.1 Å². The zero-order chi connectivity index (χ0) is 26.1. The van der Waals surface area contributed by atoms with Gasteiger partial charge in [-0.3, -0.25) is 0 Å². The van der Waals surface area contributed by atoms with Crippen LogP contribution >= 0.6 is 31.9 Å². The topological polar surface area (TPSA) is 29.5 Å². The summed E-state index contributed by atoms with van der Waals surface area (Å²) >= 11 is 7.29. The van der Waals surface area contributed by atoms with Crippen molar-refractivity contribution in [3.05, 3.63) is 123 Å². The minimum absolute atomic E-state index is 0.670. The predicted octanol–water partition coefficient (Wildman–Crippen LogP) is 9.90. The third kappa shape index (κ3) is 6.73. The fourth-order valence-electron chi connectivity index (χ4n) is 4.79. The molecule has 0 heterocycles. The summed E-state index contributed by atoms with van der Waals surface area (Å²) < 4.78 is 8.24. The van der Waals surface area contributed by atoms with Gasteiger partial charge >= 0.3 is 0 Å². The lowest BCUT2D eigenvalue weighted by Crippen LogP contribution is -2.29. The summed E-state index contributed by atoms with van der Waals surface area (Å²) in [4.78, 5) is 0. The molecule has 0 aliphatic rings. The first-order valence-electron chi connectivity index (χ1n) is 13.1. The molecule has 4 aromatic rings. The first kappa shape index (κ1) is 27.6. The molecule has 0 saturated heterocycles. The van der Waals surface area contributed by atoms with Gasteiger partial charge < -0.3 is 9.84 Å². The normalized spacial score (nSPS) is 11.5. The molecule has 0 amide bonds. The lowest BCUT2D eigenvalue weighted by molar-refractivity contribution is 0.126. The van der Waals surface area contributed by atoms with E-state index in [0.717, 1.165) is 48.9 Å². The third-order valence-corrected chi connectivity index (χ3v) is 7.73. The zero-order valence-corrected chi connectivity index (χ0v) is 24.5. The Morgan fingerprint density at radius 3 is 1.81 bits per heavy atom. The van der Waals surface area contributed by atoms with Gasteiger partial charge in [0.1, 0.15) is 11.4 Å². The molecule has 4 rings (SSSR count). The Labute approximate surface area is 238 Å². The molecule has 4 aromatic carbocycles. The summed E-state index contributed by atoms with van der Waals surface area (Å²) in [5, 5.41) is 12.6. The van der Waals surface area contributed by atoms with Crippen molar-refractivity contribution in [2.75, 3.05) is 6.61 Å². The summed E-state index contributed by atoms with van der Waals surface area (Å²) in [5.41, 5.74) is 2.96. The Bertz CT molecular complexity index is 1230. The number of benzene rings is 4. The molecule has 0 aliphatic carbocycles. The maximum Gasteiger partial charge on any atom is 0.141 e. The first-order valence-corrected chi connectivity index (χ1v) is 14.7. The molecule has 0 spiro atoms. The molecule has 192 valence electrons. The van der Waals surface area contributed by atoms with E-state index in [0.29, 0.717) is 6.61 Å². The number of aliphatic hydroxyl groups is 1. The van der Waals surface area contributed by atoms with Crippen molar-refractivity contribution in [3.63, 3.8) is 0 Å². The monoisotopic (exact) mass is 620 g/mol. The van der Waals surface area contributed by atoms with E-state index >= 15 is 0 Å². The van der Waals surface area contributed by atoms with Gasteiger partial charge in [0.25, 0.3) is 0 Å². The lowest BCUT2D eigenvalue weighted by atomic mass is 9.77. The van der Waals surface area contributed by atoms with Crippen LogP contribution in [-0.4, -0.2) is 11.7 Å². The van der Waals surface area contributed by atoms with Crippen molar-refractivity contribution in [3.8, 4) is 16.9 Å². The minimum atomic E-state index is -1.36. The van der Waals surface area contributed by atoms with E-state index in [1.807, 2.05) is 84.9 Å². The van der Waals surface area contributed by atoms with E-state index in [1.54, 1.807) is 0 Å². The average molecular weight is 622 g/mol. The van der Waals surface area contributed by atoms with Crippen LogP contribution in [0.4, 0.5) is 0 Å². The van der Waals surface area contributed by atoms with Crippen LogP contribution in [0.3, 0.4) is 0 Å². The van der Waals surface area contributed by atoms with E-state index in [1.165, 1.54) is 32.1 Å². The number of unbranched alkanes of at least 4 members (excludes halogenated alkanes) is 5. The molecule has 0 unspecified atom stereocenters. The van der Waals surface area contributed by atoms with Gasteiger partial charge in [-0.1, -0.05) is 138 Å². The van der Waals surface area contributed by atoms with Crippen LogP contribution in [0, 0.1) is 0 Å². The molecule has 0 fully saturated rings. The van der Waals surface area contributed by atoms with E-state index in [4.69, 9.17) is 4.74 Å². The highest BCUT2D eigenvalue weighted by Crippen LogP contribution is 2.45. The highest BCUT2D eigenvalue weighted by molar-refractivity contribution is 9.10. The Morgan fingerprint density at radius 1 is 0.649 bits per heavy atom. The maximum absolute atomic E-state index is 12.6. The molecular formula is C33H34Br2O2. The molecule has 0 saturated carbocycles. The van der Waals surface area contributed by atoms with Gasteiger partial charge in [-0.15, -0.1) is 0 Å². The Balaban J connectivity index is 1.76. The smallest absolute Gasteiger partial charge is 0.141 e. The molecule has 0 radical (unpaired) electrons. The lowest BCUT2D eigenvalue weighted by Gasteiger charge is -2.32. The van der Waals surface area contributed by atoms with Crippen LogP contribution in [-0.2, 0) is 5.60 Å². The Hall–Kier alpha value is -2.40. The van der Waals surface area contributed by atoms with E-state index in [9.17, 15) is 5.11 Å². The number of hydrogen-bond donors (Lipinski definition) is 1.